The van der Waals surface area contributed by atoms with Gasteiger partial charge in [0.2, 0.25) is 0 Å². The van der Waals surface area contributed by atoms with Crippen LogP contribution >= 0.6 is 0 Å². The van der Waals surface area contributed by atoms with Crippen LogP contribution in [0.2, 0.25) is 0 Å². The molecule has 0 aromatic heterocycles. The van der Waals surface area contributed by atoms with Crippen molar-refractivity contribution in [3.8, 4) is 0 Å². The molecule has 4 nitrogen and oxygen atoms in total. The molecule has 0 spiro atoms. The van der Waals surface area contributed by atoms with Crippen molar-refractivity contribution in [2.75, 3.05) is 37.9 Å². The van der Waals surface area contributed by atoms with Crippen molar-refractivity contribution < 1.29 is 0 Å². The Morgan fingerprint density at radius 1 is 1.33 bits per heavy atom. The Labute approximate surface area is 109 Å². The number of nitrogens with two attached hydrogens (primary N) is 1. The lowest BCUT2D eigenvalue weighted by Crippen LogP contribution is -2.24. The molecule has 0 amide bonds. The Kier molecular flexibility index (Phi) is 3.97. The zero-order valence-electron chi connectivity index (χ0n) is 11.2. The summed E-state index contributed by atoms with van der Waals surface area (Å²) in [4.78, 5) is 4.49. The minimum atomic E-state index is 0.853. The van der Waals surface area contributed by atoms with Crippen molar-refractivity contribution in [2.45, 2.75) is 13.3 Å². The number of hydrogen-bond donors (Lipinski definition) is 2. The maximum absolute atomic E-state index is 5.79. The summed E-state index contributed by atoms with van der Waals surface area (Å²) >= 11 is 0. The van der Waals surface area contributed by atoms with E-state index in [9.17, 15) is 0 Å². The molecule has 18 heavy (non-hydrogen) atoms. The van der Waals surface area contributed by atoms with Crippen LogP contribution in [0.25, 0.3) is 0 Å². The number of hydrogen-bond acceptors (Lipinski definition) is 4. The summed E-state index contributed by atoms with van der Waals surface area (Å²) in [5.41, 5.74) is 8.92. The number of aryl methyl sites for hydroxylation is 1. The van der Waals surface area contributed by atoms with E-state index in [-0.39, 0.29) is 0 Å². The first-order valence-electron chi connectivity index (χ1n) is 6.38. The summed E-state index contributed by atoms with van der Waals surface area (Å²) in [6, 6.07) is 6.08. The van der Waals surface area contributed by atoms with E-state index in [1.807, 2.05) is 19.1 Å². The summed E-state index contributed by atoms with van der Waals surface area (Å²) in [5.74, 6) is 0. The van der Waals surface area contributed by atoms with E-state index < -0.39 is 0 Å². The van der Waals surface area contributed by atoms with Gasteiger partial charge in [0.15, 0.2) is 0 Å². The second-order valence-electron chi connectivity index (χ2n) is 4.86. The van der Waals surface area contributed by atoms with Gasteiger partial charge in [0.05, 0.1) is 6.67 Å². The highest BCUT2D eigenvalue weighted by Gasteiger charge is 2.06. The Hall–Kier alpha value is -1.84. The van der Waals surface area contributed by atoms with Crippen LogP contribution in [0, 0.1) is 6.92 Å². The molecule has 1 heterocycles. The largest absolute Gasteiger partial charge is 0.399 e. The van der Waals surface area contributed by atoms with Gasteiger partial charge >= 0.3 is 0 Å². The molecular weight excluding hydrogens is 224 g/mol. The monoisotopic (exact) mass is 246 g/mol. The molecule has 0 radical (unpaired) electrons. The molecule has 1 aliphatic heterocycles. The average Bonchev–Trinajstić information content (AvgIpc) is 2.75. The van der Waals surface area contributed by atoms with Gasteiger partial charge in [-0.1, -0.05) is 0 Å². The second-order valence-corrected chi connectivity index (χ2v) is 4.86. The van der Waals surface area contributed by atoms with Gasteiger partial charge in [0, 0.05) is 43.9 Å². The number of rotatable bonds is 5. The molecule has 2 rings (SSSR count). The smallest absolute Gasteiger partial charge is 0.0890 e. The summed E-state index contributed by atoms with van der Waals surface area (Å²) in [7, 11) is 2.09. The van der Waals surface area contributed by atoms with Crippen molar-refractivity contribution in [1.82, 2.24) is 9.80 Å². The van der Waals surface area contributed by atoms with E-state index in [2.05, 4.69) is 40.6 Å². The molecule has 0 saturated heterocycles. The Morgan fingerprint density at radius 3 is 2.83 bits per heavy atom. The van der Waals surface area contributed by atoms with Gasteiger partial charge in [0.25, 0.3) is 0 Å². The van der Waals surface area contributed by atoms with Gasteiger partial charge in [-0.2, -0.15) is 0 Å². The number of anilines is 2. The van der Waals surface area contributed by atoms with E-state index in [0.717, 1.165) is 43.1 Å². The topological polar surface area (TPSA) is 44.5 Å². The molecule has 0 fully saturated rings. The van der Waals surface area contributed by atoms with E-state index in [1.54, 1.807) is 0 Å². The zero-order valence-corrected chi connectivity index (χ0v) is 11.2. The Bertz CT molecular complexity index is 428. The van der Waals surface area contributed by atoms with Crippen LogP contribution in [-0.2, 0) is 0 Å². The van der Waals surface area contributed by atoms with Crippen LogP contribution in [0.15, 0.2) is 30.6 Å². The molecular formula is C14H22N4. The van der Waals surface area contributed by atoms with Gasteiger partial charge < -0.3 is 20.9 Å². The molecule has 1 aromatic carbocycles. The fraction of sp³-hybridized carbons (Fsp3) is 0.429. The minimum Gasteiger partial charge on any atom is -0.399 e. The maximum atomic E-state index is 5.79. The maximum Gasteiger partial charge on any atom is 0.0890 e. The van der Waals surface area contributed by atoms with Gasteiger partial charge in [-0.05, 0) is 37.1 Å². The van der Waals surface area contributed by atoms with Gasteiger partial charge in [-0.3, -0.25) is 0 Å². The minimum absolute atomic E-state index is 0.853. The predicted octanol–water partition coefficient (Wildman–Crippen LogP) is 2.06. The zero-order chi connectivity index (χ0) is 13.0. The van der Waals surface area contributed by atoms with Crippen molar-refractivity contribution in [2.24, 2.45) is 0 Å². The van der Waals surface area contributed by atoms with Crippen LogP contribution in [0.4, 0.5) is 11.4 Å². The summed E-state index contributed by atoms with van der Waals surface area (Å²) in [6.07, 6.45) is 5.38. The highest BCUT2D eigenvalue weighted by atomic mass is 15.3. The lowest BCUT2D eigenvalue weighted by atomic mass is 10.2. The molecule has 0 bridgehead atoms. The van der Waals surface area contributed by atoms with E-state index in [4.69, 9.17) is 5.73 Å². The van der Waals surface area contributed by atoms with Gasteiger partial charge in [-0.25, -0.2) is 0 Å². The van der Waals surface area contributed by atoms with E-state index in [1.165, 1.54) is 0 Å². The molecule has 98 valence electrons. The van der Waals surface area contributed by atoms with Crippen LogP contribution in [0.3, 0.4) is 0 Å². The molecule has 0 aliphatic carbocycles. The van der Waals surface area contributed by atoms with Crippen LogP contribution in [-0.4, -0.2) is 36.6 Å². The summed E-state index contributed by atoms with van der Waals surface area (Å²) in [5, 5.41) is 3.43. The average molecular weight is 246 g/mol. The molecule has 1 aliphatic rings. The molecule has 0 atom stereocenters. The van der Waals surface area contributed by atoms with Crippen molar-refractivity contribution in [1.29, 1.82) is 0 Å². The summed E-state index contributed by atoms with van der Waals surface area (Å²) in [6.45, 7) is 5.10. The Balaban J connectivity index is 1.69. The highest BCUT2D eigenvalue weighted by Crippen LogP contribution is 2.16. The lowest BCUT2D eigenvalue weighted by Gasteiger charge is -2.18. The van der Waals surface area contributed by atoms with Crippen molar-refractivity contribution in [3.63, 3.8) is 0 Å². The molecule has 0 unspecified atom stereocenters. The van der Waals surface area contributed by atoms with E-state index >= 15 is 0 Å². The number of nitrogens with one attached hydrogen (secondary N) is 1. The first-order valence-corrected chi connectivity index (χ1v) is 6.38. The standard InChI is InChI=1S/C14H22N4/c1-12-10-13(4-5-14(12)15)16-6-3-7-18-9-8-17(2)11-18/h4-5,8-10,16H,3,6-7,11,15H2,1-2H3. The third-order valence-corrected chi connectivity index (χ3v) is 3.16. The number of nitrogen functional groups attached to an aromatic ring is 1. The third-order valence-electron chi connectivity index (χ3n) is 3.16. The fourth-order valence-corrected chi connectivity index (χ4v) is 2.03. The Morgan fingerprint density at radius 2 is 2.17 bits per heavy atom. The number of benzene rings is 1. The second kappa shape index (κ2) is 5.67. The SMILES string of the molecule is Cc1cc(NCCCN2C=CN(C)C2)ccc1N. The summed E-state index contributed by atoms with van der Waals surface area (Å²) < 4.78 is 0. The number of nitrogens with zero attached hydrogens (tertiary/aromatic N) is 2. The van der Waals surface area contributed by atoms with Crippen LogP contribution in [0.1, 0.15) is 12.0 Å². The third kappa shape index (κ3) is 3.32. The molecule has 0 saturated carbocycles. The van der Waals surface area contributed by atoms with Crippen molar-refractivity contribution >= 4 is 11.4 Å². The fourth-order valence-electron chi connectivity index (χ4n) is 2.03. The van der Waals surface area contributed by atoms with Crippen LogP contribution < -0.4 is 11.1 Å². The molecule has 3 N–H and O–H groups in total. The van der Waals surface area contributed by atoms with Crippen molar-refractivity contribution in [3.05, 3.63) is 36.2 Å². The first-order chi connectivity index (χ1) is 8.65. The quantitative estimate of drug-likeness (QED) is 0.616. The van der Waals surface area contributed by atoms with Gasteiger partial charge in [0.1, 0.15) is 0 Å². The predicted molar refractivity (Wildman–Crippen MR) is 77.2 cm³/mol. The van der Waals surface area contributed by atoms with Gasteiger partial charge in [-0.15, -0.1) is 0 Å². The molecule has 1 aromatic rings. The lowest BCUT2D eigenvalue weighted by molar-refractivity contribution is 0.296. The van der Waals surface area contributed by atoms with Crippen LogP contribution in [0.5, 0.6) is 0 Å². The highest BCUT2D eigenvalue weighted by molar-refractivity contribution is 5.56. The normalized spacial score (nSPS) is 14.3. The molecule has 4 heteroatoms. The van der Waals surface area contributed by atoms with E-state index in [0.29, 0.717) is 0 Å². The first kappa shape index (κ1) is 12.6.